The molecule has 1 amide bonds. The molecule has 0 unspecified atom stereocenters. The number of fused-ring (bicyclic) bond motifs is 1. The minimum absolute atomic E-state index is 0.00190. The van der Waals surface area contributed by atoms with E-state index >= 15 is 0 Å². The zero-order valence-corrected chi connectivity index (χ0v) is 12.6. The molecule has 2 aromatic rings. The molecule has 1 N–H and O–H groups in total. The van der Waals surface area contributed by atoms with Crippen LogP contribution in [0.25, 0.3) is 10.2 Å². The largest absolute Gasteiger partial charge is 0.351 e. The van der Waals surface area contributed by atoms with E-state index in [9.17, 15) is 4.79 Å². The monoisotopic (exact) mass is 277 g/mol. The second kappa shape index (κ2) is 5.65. The molecule has 0 spiro atoms. The second-order valence-electron chi connectivity index (χ2n) is 4.56. The molecule has 4 nitrogen and oxygen atoms in total. The molecular formula is C14H19N3OS. The Morgan fingerprint density at radius 3 is 2.63 bits per heavy atom. The molecule has 0 bridgehead atoms. The van der Waals surface area contributed by atoms with Crippen molar-refractivity contribution in [1.29, 1.82) is 0 Å². The Morgan fingerprint density at radius 2 is 2.00 bits per heavy atom. The summed E-state index contributed by atoms with van der Waals surface area (Å²) in [6.07, 6.45) is 1.79. The van der Waals surface area contributed by atoms with Gasteiger partial charge in [-0.1, -0.05) is 13.8 Å². The lowest BCUT2D eigenvalue weighted by atomic mass is 10.1. The SMILES string of the molecule is CCCNC(=O)c1sc2nc(C)nc(CC)c2c1C. The van der Waals surface area contributed by atoms with Gasteiger partial charge in [0.05, 0.1) is 10.6 Å². The van der Waals surface area contributed by atoms with Gasteiger partial charge >= 0.3 is 0 Å². The fourth-order valence-electron chi connectivity index (χ4n) is 2.13. The smallest absolute Gasteiger partial charge is 0.261 e. The van der Waals surface area contributed by atoms with Gasteiger partial charge in [-0.2, -0.15) is 0 Å². The van der Waals surface area contributed by atoms with Crippen LogP contribution < -0.4 is 5.32 Å². The predicted molar refractivity (Wildman–Crippen MR) is 78.9 cm³/mol. The molecule has 0 aliphatic carbocycles. The van der Waals surface area contributed by atoms with Crippen LogP contribution in [0.15, 0.2) is 0 Å². The maximum absolute atomic E-state index is 12.1. The van der Waals surface area contributed by atoms with Gasteiger partial charge in [0, 0.05) is 11.9 Å². The highest BCUT2D eigenvalue weighted by Crippen LogP contribution is 2.31. The second-order valence-corrected chi connectivity index (χ2v) is 5.56. The van der Waals surface area contributed by atoms with Crippen LogP contribution in [-0.4, -0.2) is 22.4 Å². The Bertz CT molecular complexity index is 619. The van der Waals surface area contributed by atoms with Crippen molar-refractivity contribution < 1.29 is 4.79 Å². The summed E-state index contributed by atoms with van der Waals surface area (Å²) in [6.45, 7) is 8.71. The molecular weight excluding hydrogens is 258 g/mol. The average molecular weight is 277 g/mol. The third kappa shape index (κ3) is 2.61. The highest BCUT2D eigenvalue weighted by molar-refractivity contribution is 7.20. The molecule has 102 valence electrons. The van der Waals surface area contributed by atoms with E-state index in [1.165, 1.54) is 11.3 Å². The fraction of sp³-hybridized carbons (Fsp3) is 0.500. The number of aromatic nitrogens is 2. The van der Waals surface area contributed by atoms with E-state index in [-0.39, 0.29) is 5.91 Å². The van der Waals surface area contributed by atoms with Crippen LogP contribution >= 0.6 is 11.3 Å². The molecule has 0 saturated carbocycles. The van der Waals surface area contributed by atoms with Crippen LogP contribution in [0, 0.1) is 13.8 Å². The van der Waals surface area contributed by atoms with E-state index in [1.807, 2.05) is 20.8 Å². The summed E-state index contributed by atoms with van der Waals surface area (Å²) in [5.41, 5.74) is 2.04. The number of rotatable bonds is 4. The van der Waals surface area contributed by atoms with Crippen LogP contribution in [0.4, 0.5) is 0 Å². The van der Waals surface area contributed by atoms with Crippen molar-refractivity contribution in [3.63, 3.8) is 0 Å². The van der Waals surface area contributed by atoms with Gasteiger partial charge in [0.2, 0.25) is 0 Å². The molecule has 2 heterocycles. The maximum Gasteiger partial charge on any atom is 0.261 e. The van der Waals surface area contributed by atoms with E-state index in [0.717, 1.165) is 45.0 Å². The van der Waals surface area contributed by atoms with Crippen LogP contribution in [0.5, 0.6) is 0 Å². The van der Waals surface area contributed by atoms with Gasteiger partial charge in [-0.15, -0.1) is 11.3 Å². The number of hydrogen-bond donors (Lipinski definition) is 1. The zero-order chi connectivity index (χ0) is 14.0. The molecule has 0 radical (unpaired) electrons. The Hall–Kier alpha value is -1.49. The van der Waals surface area contributed by atoms with Crippen LogP contribution in [0.1, 0.15) is 47.0 Å². The van der Waals surface area contributed by atoms with Gasteiger partial charge in [-0.25, -0.2) is 9.97 Å². The van der Waals surface area contributed by atoms with Crippen molar-refractivity contribution in [2.75, 3.05) is 6.54 Å². The first-order chi connectivity index (χ1) is 9.08. The van der Waals surface area contributed by atoms with Crippen LogP contribution in [-0.2, 0) is 6.42 Å². The molecule has 0 saturated heterocycles. The highest BCUT2D eigenvalue weighted by atomic mass is 32.1. The number of aryl methyl sites for hydroxylation is 3. The molecule has 5 heteroatoms. The number of carbonyl (C=O) groups excluding carboxylic acids is 1. The normalized spacial score (nSPS) is 10.9. The number of thiophene rings is 1. The Morgan fingerprint density at radius 1 is 1.26 bits per heavy atom. The van der Waals surface area contributed by atoms with Crippen LogP contribution in [0.2, 0.25) is 0 Å². The molecule has 2 aromatic heterocycles. The van der Waals surface area contributed by atoms with E-state index in [2.05, 4.69) is 22.2 Å². The predicted octanol–water partition coefficient (Wildman–Crippen LogP) is 3.01. The van der Waals surface area contributed by atoms with Crippen LogP contribution in [0.3, 0.4) is 0 Å². The first kappa shape index (κ1) is 13.9. The summed E-state index contributed by atoms with van der Waals surface area (Å²) in [5.74, 6) is 0.771. The summed E-state index contributed by atoms with van der Waals surface area (Å²) >= 11 is 1.46. The van der Waals surface area contributed by atoms with Gasteiger partial charge in [-0.3, -0.25) is 4.79 Å². The van der Waals surface area contributed by atoms with Crippen molar-refractivity contribution in [2.45, 2.75) is 40.5 Å². The zero-order valence-electron chi connectivity index (χ0n) is 11.8. The molecule has 0 atom stereocenters. The minimum Gasteiger partial charge on any atom is -0.351 e. The first-order valence-electron chi connectivity index (χ1n) is 6.63. The molecule has 0 fully saturated rings. The fourth-order valence-corrected chi connectivity index (χ4v) is 3.30. The highest BCUT2D eigenvalue weighted by Gasteiger charge is 2.18. The van der Waals surface area contributed by atoms with Gasteiger partial charge in [0.25, 0.3) is 5.91 Å². The molecule has 0 aromatic carbocycles. The van der Waals surface area contributed by atoms with Gasteiger partial charge in [-0.05, 0) is 32.3 Å². The average Bonchev–Trinajstić information content (AvgIpc) is 2.72. The number of nitrogens with one attached hydrogen (secondary N) is 1. The van der Waals surface area contributed by atoms with E-state index < -0.39 is 0 Å². The Labute approximate surface area is 117 Å². The van der Waals surface area contributed by atoms with Crippen molar-refractivity contribution in [3.05, 3.63) is 22.0 Å². The van der Waals surface area contributed by atoms with E-state index in [1.54, 1.807) is 0 Å². The van der Waals surface area contributed by atoms with Crippen molar-refractivity contribution in [2.24, 2.45) is 0 Å². The molecule has 0 aliphatic rings. The van der Waals surface area contributed by atoms with E-state index in [0.29, 0.717) is 6.54 Å². The molecule has 19 heavy (non-hydrogen) atoms. The number of amides is 1. The topological polar surface area (TPSA) is 54.9 Å². The number of hydrogen-bond acceptors (Lipinski definition) is 4. The molecule has 2 rings (SSSR count). The van der Waals surface area contributed by atoms with Crippen molar-refractivity contribution in [3.8, 4) is 0 Å². The lowest BCUT2D eigenvalue weighted by Crippen LogP contribution is -2.23. The van der Waals surface area contributed by atoms with Crippen molar-refractivity contribution in [1.82, 2.24) is 15.3 Å². The summed E-state index contributed by atoms with van der Waals surface area (Å²) in [6, 6.07) is 0. The minimum atomic E-state index is 0.00190. The third-order valence-electron chi connectivity index (χ3n) is 3.05. The summed E-state index contributed by atoms with van der Waals surface area (Å²) in [4.78, 5) is 22.7. The lowest BCUT2D eigenvalue weighted by molar-refractivity contribution is 0.0957. The quantitative estimate of drug-likeness (QED) is 0.934. The summed E-state index contributed by atoms with van der Waals surface area (Å²) in [5, 5.41) is 3.98. The number of nitrogens with zero attached hydrogens (tertiary/aromatic N) is 2. The third-order valence-corrected chi connectivity index (χ3v) is 4.24. The maximum atomic E-state index is 12.1. The lowest BCUT2D eigenvalue weighted by Gasteiger charge is -2.03. The van der Waals surface area contributed by atoms with Crippen molar-refractivity contribution >= 4 is 27.5 Å². The first-order valence-corrected chi connectivity index (χ1v) is 7.44. The van der Waals surface area contributed by atoms with Gasteiger partial charge < -0.3 is 5.32 Å². The van der Waals surface area contributed by atoms with Gasteiger partial charge in [0.15, 0.2) is 0 Å². The Balaban J connectivity index is 2.53. The summed E-state index contributed by atoms with van der Waals surface area (Å²) < 4.78 is 0. The summed E-state index contributed by atoms with van der Waals surface area (Å²) in [7, 11) is 0. The number of carbonyl (C=O) groups is 1. The van der Waals surface area contributed by atoms with Gasteiger partial charge in [0.1, 0.15) is 10.7 Å². The Kier molecular flexibility index (Phi) is 4.14. The molecule has 0 aliphatic heterocycles. The standard InChI is InChI=1S/C14H19N3OS/c1-5-7-15-13(18)12-8(3)11-10(6-2)16-9(4)17-14(11)19-12/h5-7H2,1-4H3,(H,15,18). The van der Waals surface area contributed by atoms with E-state index in [4.69, 9.17) is 0 Å².